The summed E-state index contributed by atoms with van der Waals surface area (Å²) in [5.74, 6) is -0.306. The van der Waals surface area contributed by atoms with Crippen molar-refractivity contribution in [1.29, 1.82) is 0 Å². The first-order valence-electron chi connectivity index (χ1n) is 14.2. The molecular formula is C30H36FN9O. The van der Waals surface area contributed by atoms with Crippen LogP contribution in [-0.4, -0.2) is 74.8 Å². The minimum absolute atomic E-state index is 0.0574. The zero-order valence-electron chi connectivity index (χ0n) is 23.5. The van der Waals surface area contributed by atoms with Gasteiger partial charge in [0, 0.05) is 37.8 Å². The average molecular weight is 558 g/mol. The number of hydrogen-bond donors (Lipinski definition) is 2. The zero-order valence-corrected chi connectivity index (χ0v) is 23.5. The monoisotopic (exact) mass is 557 g/mol. The van der Waals surface area contributed by atoms with E-state index in [0.29, 0.717) is 39.8 Å². The van der Waals surface area contributed by atoms with Gasteiger partial charge in [0.05, 0.1) is 22.8 Å². The van der Waals surface area contributed by atoms with E-state index in [1.165, 1.54) is 17.3 Å². The van der Waals surface area contributed by atoms with Crippen molar-refractivity contribution in [2.75, 3.05) is 43.9 Å². The summed E-state index contributed by atoms with van der Waals surface area (Å²) in [5.41, 5.74) is 15.2. The number of aromatic nitrogens is 4. The summed E-state index contributed by atoms with van der Waals surface area (Å²) in [4.78, 5) is 27.3. The fourth-order valence-corrected chi connectivity index (χ4v) is 6.29. The highest BCUT2D eigenvalue weighted by Crippen LogP contribution is 2.38. The number of benzene rings is 2. The molecule has 1 aliphatic heterocycles. The smallest absolute Gasteiger partial charge is 0.323 e. The quantitative estimate of drug-likeness (QED) is 0.371. The molecule has 41 heavy (non-hydrogen) atoms. The third-order valence-electron chi connectivity index (χ3n) is 8.53. The first kappa shape index (κ1) is 27.1. The number of amides is 2. The van der Waals surface area contributed by atoms with Crippen molar-refractivity contribution in [2.45, 2.75) is 44.7 Å². The van der Waals surface area contributed by atoms with Gasteiger partial charge in [0.25, 0.3) is 0 Å². The average Bonchev–Trinajstić information content (AvgIpc) is 3.36. The van der Waals surface area contributed by atoms with Crippen LogP contribution in [-0.2, 0) is 0 Å². The van der Waals surface area contributed by atoms with E-state index in [2.05, 4.69) is 26.8 Å². The molecule has 0 unspecified atom stereocenters. The van der Waals surface area contributed by atoms with Crippen LogP contribution in [0, 0.1) is 12.7 Å². The maximum Gasteiger partial charge on any atom is 0.323 e. The fraction of sp³-hybridized carbons (Fsp3) is 0.400. The molecule has 2 fully saturated rings. The normalized spacial score (nSPS) is 20.4. The van der Waals surface area contributed by atoms with Gasteiger partial charge in [0.2, 0.25) is 0 Å². The number of fused-ring (bicyclic) bond motifs is 1. The third kappa shape index (κ3) is 5.22. The van der Waals surface area contributed by atoms with Crippen molar-refractivity contribution >= 4 is 34.3 Å². The summed E-state index contributed by atoms with van der Waals surface area (Å²) >= 11 is 0. The Morgan fingerprint density at radius 3 is 2.41 bits per heavy atom. The van der Waals surface area contributed by atoms with Crippen molar-refractivity contribution in [1.82, 2.24) is 29.5 Å². The van der Waals surface area contributed by atoms with Crippen molar-refractivity contribution in [3.8, 4) is 11.3 Å². The first-order valence-corrected chi connectivity index (χ1v) is 14.2. The number of nitrogens with zero attached hydrogens (tertiary/aromatic N) is 7. The summed E-state index contributed by atoms with van der Waals surface area (Å²) in [6.45, 7) is 6.35. The molecule has 0 atom stereocenters. The molecular weight excluding hydrogens is 521 g/mol. The highest BCUT2D eigenvalue weighted by Gasteiger charge is 2.31. The molecule has 0 bridgehead atoms. The lowest BCUT2D eigenvalue weighted by Gasteiger charge is -2.41. The van der Waals surface area contributed by atoms with E-state index in [0.717, 1.165) is 57.4 Å². The number of carbonyl (C=O) groups is 1. The Bertz CT molecular complexity index is 1570. The van der Waals surface area contributed by atoms with E-state index in [-0.39, 0.29) is 11.7 Å². The molecule has 2 amide bonds. The Morgan fingerprint density at radius 2 is 1.73 bits per heavy atom. The maximum absolute atomic E-state index is 15.7. The topological polar surface area (TPSA) is 122 Å². The Hall–Kier alpha value is -4.09. The number of aryl methyl sites for hydroxylation is 1. The number of likely N-dealkylation sites (N-methyl/N-ethyl adjacent to an activating group) is 1. The molecule has 1 saturated heterocycles. The largest absolute Gasteiger partial charge is 0.383 e. The van der Waals surface area contributed by atoms with Crippen LogP contribution in [0.15, 0.2) is 48.8 Å². The minimum Gasteiger partial charge on any atom is -0.383 e. The van der Waals surface area contributed by atoms with E-state index >= 15 is 4.39 Å². The number of halogens is 1. The van der Waals surface area contributed by atoms with Crippen LogP contribution in [0.4, 0.5) is 26.4 Å². The van der Waals surface area contributed by atoms with Crippen LogP contribution in [0.25, 0.3) is 22.3 Å². The van der Waals surface area contributed by atoms with Gasteiger partial charge in [-0.3, -0.25) is 9.80 Å². The third-order valence-corrected chi connectivity index (χ3v) is 8.53. The minimum atomic E-state index is -0.776. The summed E-state index contributed by atoms with van der Waals surface area (Å²) in [6, 6.07) is 11.8. The van der Waals surface area contributed by atoms with Crippen LogP contribution >= 0.6 is 0 Å². The Morgan fingerprint density at radius 1 is 1.00 bits per heavy atom. The fourth-order valence-electron chi connectivity index (χ4n) is 6.29. The molecule has 1 aliphatic carbocycles. The summed E-state index contributed by atoms with van der Waals surface area (Å²) in [5, 5.41) is 5.56. The van der Waals surface area contributed by atoms with Crippen molar-refractivity contribution in [3.05, 3.63) is 60.2 Å². The molecule has 2 aromatic carbocycles. The molecule has 2 aromatic heterocycles. The second kappa shape index (κ2) is 11.1. The van der Waals surface area contributed by atoms with Gasteiger partial charge in [-0.25, -0.2) is 23.8 Å². The molecule has 4 aromatic rings. The molecule has 6 rings (SSSR count). The lowest BCUT2D eigenvalue weighted by Crippen LogP contribution is -2.49. The Kier molecular flexibility index (Phi) is 7.31. The highest BCUT2D eigenvalue weighted by molar-refractivity contribution is 6.00. The van der Waals surface area contributed by atoms with Crippen molar-refractivity contribution < 1.29 is 9.18 Å². The van der Waals surface area contributed by atoms with Crippen LogP contribution < -0.4 is 16.4 Å². The van der Waals surface area contributed by atoms with Crippen LogP contribution in [0.3, 0.4) is 0 Å². The van der Waals surface area contributed by atoms with E-state index in [1.807, 2.05) is 17.7 Å². The van der Waals surface area contributed by atoms with Crippen LogP contribution in [0.5, 0.6) is 0 Å². The lowest BCUT2D eigenvalue weighted by atomic mass is 9.90. The summed E-state index contributed by atoms with van der Waals surface area (Å²) < 4.78 is 17.6. The predicted octanol–water partition coefficient (Wildman–Crippen LogP) is 4.47. The molecule has 4 N–H and O–H groups in total. The van der Waals surface area contributed by atoms with Crippen LogP contribution in [0.2, 0.25) is 0 Å². The van der Waals surface area contributed by atoms with Gasteiger partial charge >= 0.3 is 6.03 Å². The van der Waals surface area contributed by atoms with Gasteiger partial charge < -0.3 is 16.4 Å². The first-order chi connectivity index (χ1) is 19.8. The second-order valence-corrected chi connectivity index (χ2v) is 11.2. The molecule has 11 heteroatoms. The van der Waals surface area contributed by atoms with E-state index in [9.17, 15) is 4.79 Å². The maximum atomic E-state index is 15.7. The number of nitrogen functional groups attached to an aromatic ring is 1. The molecule has 10 nitrogen and oxygen atoms in total. The second-order valence-electron chi connectivity index (χ2n) is 11.2. The van der Waals surface area contributed by atoms with Gasteiger partial charge in [0.1, 0.15) is 23.7 Å². The molecule has 214 valence electrons. The lowest BCUT2D eigenvalue weighted by molar-refractivity contribution is 0.0815. The highest BCUT2D eigenvalue weighted by atomic mass is 19.1. The SMILES string of the molecule is Cc1cccc(N(C(N)=O)c2ccc(-c3nn(C4CCC(N5CCN(C)CC5)CC4)c4ncnc(N)c34)cc2F)c1. The van der Waals surface area contributed by atoms with Gasteiger partial charge in [-0.2, -0.15) is 5.10 Å². The predicted molar refractivity (Wildman–Crippen MR) is 158 cm³/mol. The Balaban J connectivity index is 1.31. The molecule has 0 spiro atoms. The number of urea groups is 1. The van der Waals surface area contributed by atoms with Gasteiger partial charge in [0.15, 0.2) is 5.65 Å². The van der Waals surface area contributed by atoms with Crippen LogP contribution in [0.1, 0.15) is 37.3 Å². The number of carbonyl (C=O) groups excluding carboxylic acids is 1. The number of piperazine rings is 1. The van der Waals surface area contributed by atoms with Gasteiger partial charge in [-0.1, -0.05) is 18.2 Å². The molecule has 0 radical (unpaired) electrons. The van der Waals surface area contributed by atoms with Gasteiger partial charge in [-0.05, 0) is 69.5 Å². The Labute approximate surface area is 238 Å². The number of nitrogens with two attached hydrogens (primary N) is 2. The summed E-state index contributed by atoms with van der Waals surface area (Å²) in [6.07, 6.45) is 5.60. The van der Waals surface area contributed by atoms with E-state index in [1.54, 1.807) is 30.3 Å². The number of primary amides is 1. The molecule has 2 aliphatic rings. The number of hydrogen-bond acceptors (Lipinski definition) is 7. The number of anilines is 3. The standard InChI is InChI=1S/C30H36FN9O/c1-19-4-3-5-23(16-19)39(30(33)41)25-11-6-20(17-24(25)31)27-26-28(32)34-18-35-29(26)40(36-27)22-9-7-21(8-10-22)38-14-12-37(2)13-15-38/h3-6,11,16-18,21-22H,7-10,12-15H2,1-2H3,(H2,33,41)(H2,32,34,35). The van der Waals surface area contributed by atoms with Gasteiger partial charge in [-0.15, -0.1) is 0 Å². The van der Waals surface area contributed by atoms with Crippen molar-refractivity contribution in [3.63, 3.8) is 0 Å². The van der Waals surface area contributed by atoms with E-state index < -0.39 is 11.8 Å². The molecule has 3 heterocycles. The van der Waals surface area contributed by atoms with Crippen molar-refractivity contribution in [2.24, 2.45) is 5.73 Å². The zero-order chi connectivity index (χ0) is 28.7. The summed E-state index contributed by atoms with van der Waals surface area (Å²) in [7, 11) is 2.18. The molecule has 1 saturated carbocycles. The number of rotatable bonds is 5. The van der Waals surface area contributed by atoms with E-state index in [4.69, 9.17) is 16.6 Å².